The van der Waals surface area contributed by atoms with E-state index >= 15 is 0 Å². The van der Waals surface area contributed by atoms with Gasteiger partial charge in [0.05, 0.1) is 0 Å². The normalized spacial score (nSPS) is 32.2. The molecule has 2 N–H and O–H groups in total. The number of piperidine rings is 1. The van der Waals surface area contributed by atoms with E-state index in [-0.39, 0.29) is 13.0 Å². The van der Waals surface area contributed by atoms with Gasteiger partial charge in [0.2, 0.25) is 0 Å². The van der Waals surface area contributed by atoms with E-state index in [0.29, 0.717) is 13.1 Å². The minimum atomic E-state index is -2.54. The zero-order valence-corrected chi connectivity index (χ0v) is 6.69. The first-order valence-electron chi connectivity index (χ1n) is 3.82. The lowest BCUT2D eigenvalue weighted by molar-refractivity contribution is -0.0976. The molecule has 11 heavy (non-hydrogen) atoms. The Morgan fingerprint density at radius 3 is 2.73 bits per heavy atom. The van der Waals surface area contributed by atoms with Crippen molar-refractivity contribution in [1.29, 1.82) is 0 Å². The van der Waals surface area contributed by atoms with Gasteiger partial charge in [0.15, 0.2) is 0 Å². The van der Waals surface area contributed by atoms with E-state index in [2.05, 4.69) is 0 Å². The van der Waals surface area contributed by atoms with Crippen molar-refractivity contribution in [2.45, 2.75) is 12.3 Å². The van der Waals surface area contributed by atoms with Crippen molar-refractivity contribution in [3.63, 3.8) is 0 Å². The topological polar surface area (TPSA) is 29.3 Å². The van der Waals surface area contributed by atoms with E-state index in [1.54, 1.807) is 0 Å². The van der Waals surface area contributed by atoms with Crippen LogP contribution in [0.3, 0.4) is 0 Å². The Hall–Kier alpha value is -0.220. The van der Waals surface area contributed by atoms with Crippen molar-refractivity contribution in [3.05, 3.63) is 0 Å². The van der Waals surface area contributed by atoms with E-state index in [1.807, 2.05) is 11.9 Å². The number of nitrogens with zero attached hydrogens (tertiary/aromatic N) is 1. The molecule has 1 saturated heterocycles. The van der Waals surface area contributed by atoms with Crippen LogP contribution in [0.25, 0.3) is 0 Å². The minimum absolute atomic E-state index is 0.0502. The van der Waals surface area contributed by atoms with Crippen molar-refractivity contribution in [1.82, 2.24) is 4.90 Å². The Balaban J connectivity index is 2.56. The molecule has 0 unspecified atom stereocenters. The summed E-state index contributed by atoms with van der Waals surface area (Å²) in [5.41, 5.74) is 5.23. The number of rotatable bonds is 1. The van der Waals surface area contributed by atoms with Crippen LogP contribution in [-0.2, 0) is 0 Å². The summed E-state index contributed by atoms with van der Waals surface area (Å²) in [6.45, 7) is 0.977. The molecule has 4 heteroatoms. The van der Waals surface area contributed by atoms with E-state index in [0.717, 1.165) is 0 Å². The van der Waals surface area contributed by atoms with Crippen LogP contribution in [0.1, 0.15) is 6.42 Å². The molecule has 0 spiro atoms. The van der Waals surface area contributed by atoms with Crippen LogP contribution in [0.15, 0.2) is 0 Å². The fourth-order valence-electron chi connectivity index (χ4n) is 1.39. The predicted molar refractivity (Wildman–Crippen MR) is 39.6 cm³/mol. The maximum absolute atomic E-state index is 12.9. The number of likely N-dealkylation sites (tertiary alicyclic amines) is 1. The summed E-state index contributed by atoms with van der Waals surface area (Å²) in [4.78, 5) is 1.90. The van der Waals surface area contributed by atoms with Gasteiger partial charge in [-0.05, 0) is 7.05 Å². The predicted octanol–water partition coefficient (Wildman–Crippen LogP) is 0.532. The van der Waals surface area contributed by atoms with Gasteiger partial charge in [0.1, 0.15) is 0 Å². The third-order valence-electron chi connectivity index (χ3n) is 2.24. The monoisotopic (exact) mass is 164 g/mol. The van der Waals surface area contributed by atoms with Gasteiger partial charge in [0.25, 0.3) is 5.92 Å². The highest BCUT2D eigenvalue weighted by atomic mass is 19.3. The Kier molecular flexibility index (Phi) is 2.44. The maximum Gasteiger partial charge on any atom is 0.254 e. The first-order valence-corrected chi connectivity index (χ1v) is 3.82. The van der Waals surface area contributed by atoms with E-state index < -0.39 is 11.8 Å². The largest absolute Gasteiger partial charge is 0.330 e. The lowest BCUT2D eigenvalue weighted by Gasteiger charge is -2.35. The molecular weight excluding hydrogens is 150 g/mol. The highest BCUT2D eigenvalue weighted by molar-refractivity contribution is 4.85. The standard InChI is InChI=1S/C7H14F2N2/c1-11-3-2-7(8,9)6(4-10)5-11/h6H,2-5,10H2,1H3/t6-/m0/s1. The first-order chi connectivity index (χ1) is 5.06. The minimum Gasteiger partial charge on any atom is -0.330 e. The van der Waals surface area contributed by atoms with E-state index in [1.165, 1.54) is 0 Å². The summed E-state index contributed by atoms with van der Waals surface area (Å²) in [5, 5.41) is 0. The summed E-state index contributed by atoms with van der Waals surface area (Å²) in [6.07, 6.45) is -0.0502. The fourth-order valence-corrected chi connectivity index (χ4v) is 1.39. The molecule has 66 valence electrons. The molecule has 1 atom stereocenters. The second-order valence-electron chi connectivity index (χ2n) is 3.21. The van der Waals surface area contributed by atoms with Crippen LogP contribution in [0.4, 0.5) is 8.78 Å². The number of nitrogens with two attached hydrogens (primary N) is 1. The molecular formula is C7H14F2N2. The fraction of sp³-hybridized carbons (Fsp3) is 1.00. The zero-order chi connectivity index (χ0) is 8.48. The van der Waals surface area contributed by atoms with Crippen molar-refractivity contribution < 1.29 is 8.78 Å². The zero-order valence-electron chi connectivity index (χ0n) is 6.69. The molecule has 1 aliphatic heterocycles. The molecule has 0 bridgehead atoms. The van der Waals surface area contributed by atoms with Crippen LogP contribution < -0.4 is 5.73 Å². The van der Waals surface area contributed by atoms with Gasteiger partial charge in [-0.2, -0.15) is 0 Å². The molecule has 2 nitrogen and oxygen atoms in total. The van der Waals surface area contributed by atoms with Gasteiger partial charge < -0.3 is 10.6 Å². The van der Waals surface area contributed by atoms with Gasteiger partial charge in [-0.15, -0.1) is 0 Å². The third-order valence-corrected chi connectivity index (χ3v) is 2.24. The Morgan fingerprint density at radius 2 is 2.27 bits per heavy atom. The summed E-state index contributed by atoms with van der Waals surface area (Å²) >= 11 is 0. The van der Waals surface area contributed by atoms with E-state index in [9.17, 15) is 8.78 Å². The third kappa shape index (κ3) is 1.87. The SMILES string of the molecule is CN1CCC(F)(F)[C@@H](CN)C1. The Bertz CT molecular complexity index is 138. The van der Waals surface area contributed by atoms with Crippen molar-refractivity contribution >= 4 is 0 Å². The molecule has 1 fully saturated rings. The maximum atomic E-state index is 12.9. The molecule has 0 aromatic heterocycles. The molecule has 1 heterocycles. The Morgan fingerprint density at radius 1 is 1.64 bits per heavy atom. The second-order valence-corrected chi connectivity index (χ2v) is 3.21. The van der Waals surface area contributed by atoms with Crippen LogP contribution in [0.5, 0.6) is 0 Å². The lowest BCUT2D eigenvalue weighted by Crippen LogP contribution is -2.48. The van der Waals surface area contributed by atoms with Gasteiger partial charge in [-0.25, -0.2) is 8.78 Å². The molecule has 0 aromatic rings. The van der Waals surface area contributed by atoms with Crippen molar-refractivity contribution in [2.75, 3.05) is 26.7 Å². The van der Waals surface area contributed by atoms with Crippen molar-refractivity contribution in [2.24, 2.45) is 11.7 Å². The van der Waals surface area contributed by atoms with Gasteiger partial charge >= 0.3 is 0 Å². The number of hydrogen-bond donors (Lipinski definition) is 1. The van der Waals surface area contributed by atoms with Crippen LogP contribution in [0.2, 0.25) is 0 Å². The Labute approximate surface area is 65.4 Å². The summed E-state index contributed by atoms with van der Waals surface area (Å²) in [6, 6.07) is 0. The number of alkyl halides is 2. The average Bonchev–Trinajstić information content (AvgIpc) is 1.94. The summed E-state index contributed by atoms with van der Waals surface area (Å²) < 4.78 is 25.9. The molecule has 0 amide bonds. The molecule has 0 saturated carbocycles. The van der Waals surface area contributed by atoms with Crippen LogP contribution in [0, 0.1) is 5.92 Å². The lowest BCUT2D eigenvalue weighted by atomic mass is 9.94. The number of hydrogen-bond acceptors (Lipinski definition) is 2. The molecule has 0 aromatic carbocycles. The van der Waals surface area contributed by atoms with Crippen molar-refractivity contribution in [3.8, 4) is 0 Å². The van der Waals surface area contributed by atoms with Crippen LogP contribution in [-0.4, -0.2) is 37.5 Å². The second kappa shape index (κ2) is 3.03. The first kappa shape index (κ1) is 8.87. The average molecular weight is 164 g/mol. The summed E-state index contributed by atoms with van der Waals surface area (Å²) in [5.74, 6) is -3.19. The molecule has 0 aliphatic carbocycles. The summed E-state index contributed by atoms with van der Waals surface area (Å²) in [7, 11) is 1.85. The van der Waals surface area contributed by atoms with Gasteiger partial charge in [-0.3, -0.25) is 0 Å². The van der Waals surface area contributed by atoms with Crippen LogP contribution >= 0.6 is 0 Å². The van der Waals surface area contributed by atoms with Gasteiger partial charge in [0, 0.05) is 32.0 Å². The highest BCUT2D eigenvalue weighted by Gasteiger charge is 2.41. The molecule has 0 radical (unpaired) electrons. The number of halogens is 2. The quantitative estimate of drug-likeness (QED) is 0.612. The van der Waals surface area contributed by atoms with E-state index in [4.69, 9.17) is 5.73 Å². The smallest absolute Gasteiger partial charge is 0.254 e. The van der Waals surface area contributed by atoms with Gasteiger partial charge in [-0.1, -0.05) is 0 Å². The molecule has 1 aliphatic rings. The highest BCUT2D eigenvalue weighted by Crippen LogP contribution is 2.31. The molecule has 1 rings (SSSR count).